The number of carboxylic acids is 1. The second kappa shape index (κ2) is 6.26. The lowest BCUT2D eigenvalue weighted by Gasteiger charge is -2.28. The summed E-state index contributed by atoms with van der Waals surface area (Å²) in [5, 5.41) is 12.6. The fourth-order valence-electron chi connectivity index (χ4n) is 2.75. The number of hydrogen-bond donors (Lipinski definition) is 2. The topological polar surface area (TPSA) is 69.6 Å². The first-order chi connectivity index (χ1) is 9.04. The summed E-state index contributed by atoms with van der Waals surface area (Å²) in [7, 11) is 0. The van der Waals surface area contributed by atoms with Crippen molar-refractivity contribution in [1.82, 2.24) is 10.2 Å². The SMILES string of the molecule is CSC1CCCC1NC(=O)N1C(C)SCC1C(=O)O. The van der Waals surface area contributed by atoms with E-state index < -0.39 is 12.0 Å². The van der Waals surface area contributed by atoms with Crippen LogP contribution in [0, 0.1) is 0 Å². The Balaban J connectivity index is 2.00. The molecule has 7 heteroatoms. The van der Waals surface area contributed by atoms with Crippen LogP contribution in [0.4, 0.5) is 4.79 Å². The second-order valence-corrected chi connectivity index (χ2v) is 7.38. The lowest BCUT2D eigenvalue weighted by Crippen LogP contribution is -2.52. The zero-order valence-corrected chi connectivity index (χ0v) is 12.8. The number of rotatable bonds is 3. The van der Waals surface area contributed by atoms with E-state index in [9.17, 15) is 14.7 Å². The quantitative estimate of drug-likeness (QED) is 0.832. The molecular formula is C12H20N2O3S2. The van der Waals surface area contributed by atoms with Crippen molar-refractivity contribution in [2.75, 3.05) is 12.0 Å². The van der Waals surface area contributed by atoms with Crippen LogP contribution in [0.25, 0.3) is 0 Å². The van der Waals surface area contributed by atoms with Gasteiger partial charge in [-0.15, -0.1) is 11.8 Å². The Morgan fingerprint density at radius 2 is 2.16 bits per heavy atom. The van der Waals surface area contributed by atoms with Crippen LogP contribution in [0.5, 0.6) is 0 Å². The van der Waals surface area contributed by atoms with Crippen molar-refractivity contribution in [1.29, 1.82) is 0 Å². The maximum absolute atomic E-state index is 12.3. The molecule has 1 saturated carbocycles. The zero-order chi connectivity index (χ0) is 14.0. The van der Waals surface area contributed by atoms with Crippen LogP contribution in [-0.2, 0) is 4.79 Å². The predicted octanol–water partition coefficient (Wildman–Crippen LogP) is 1.83. The first kappa shape index (κ1) is 14.8. The maximum Gasteiger partial charge on any atom is 0.327 e. The van der Waals surface area contributed by atoms with E-state index in [1.807, 2.05) is 6.92 Å². The molecule has 2 aliphatic rings. The summed E-state index contributed by atoms with van der Waals surface area (Å²) in [4.78, 5) is 25.0. The molecule has 1 aliphatic carbocycles. The van der Waals surface area contributed by atoms with Gasteiger partial charge in [-0.3, -0.25) is 4.90 Å². The number of aliphatic carboxylic acids is 1. The van der Waals surface area contributed by atoms with E-state index in [-0.39, 0.29) is 17.4 Å². The largest absolute Gasteiger partial charge is 0.480 e. The molecule has 19 heavy (non-hydrogen) atoms. The fourth-order valence-corrected chi connectivity index (χ4v) is 4.85. The zero-order valence-electron chi connectivity index (χ0n) is 11.2. The highest BCUT2D eigenvalue weighted by molar-refractivity contribution is 8.00. The Morgan fingerprint density at radius 1 is 1.42 bits per heavy atom. The maximum atomic E-state index is 12.3. The van der Waals surface area contributed by atoms with Crippen molar-refractivity contribution in [3.63, 3.8) is 0 Å². The van der Waals surface area contributed by atoms with Crippen LogP contribution >= 0.6 is 23.5 Å². The first-order valence-electron chi connectivity index (χ1n) is 6.50. The number of carbonyl (C=O) groups excluding carboxylic acids is 1. The minimum Gasteiger partial charge on any atom is -0.480 e. The minimum atomic E-state index is -0.917. The number of nitrogens with zero attached hydrogens (tertiary/aromatic N) is 1. The summed E-state index contributed by atoms with van der Waals surface area (Å²) in [6.45, 7) is 1.88. The molecule has 0 radical (unpaired) electrons. The molecule has 2 fully saturated rings. The molecule has 2 rings (SSSR count). The van der Waals surface area contributed by atoms with Crippen LogP contribution in [0.3, 0.4) is 0 Å². The third kappa shape index (κ3) is 3.13. The van der Waals surface area contributed by atoms with Crippen molar-refractivity contribution < 1.29 is 14.7 Å². The smallest absolute Gasteiger partial charge is 0.327 e. The molecule has 1 saturated heterocycles. The van der Waals surface area contributed by atoms with E-state index in [1.54, 1.807) is 11.8 Å². The summed E-state index contributed by atoms with van der Waals surface area (Å²) in [5.41, 5.74) is 0. The normalized spacial score (nSPS) is 34.5. The van der Waals surface area contributed by atoms with Gasteiger partial charge in [0.1, 0.15) is 6.04 Å². The number of amides is 2. The Labute approximate surface area is 121 Å². The molecule has 4 atom stereocenters. The molecular weight excluding hydrogens is 284 g/mol. The summed E-state index contributed by atoms with van der Waals surface area (Å²) in [6, 6.07) is -0.750. The molecule has 2 N–H and O–H groups in total. The highest BCUT2D eigenvalue weighted by Gasteiger charge is 2.41. The third-order valence-corrected chi connectivity index (χ3v) is 6.19. The summed E-state index contributed by atoms with van der Waals surface area (Å²) < 4.78 is 0. The van der Waals surface area contributed by atoms with Crippen molar-refractivity contribution in [2.45, 2.75) is 48.9 Å². The highest BCUT2D eigenvalue weighted by Crippen LogP contribution is 2.31. The number of carboxylic acid groups (broad SMARTS) is 1. The van der Waals surface area contributed by atoms with E-state index in [2.05, 4.69) is 11.6 Å². The minimum absolute atomic E-state index is 0.0739. The molecule has 2 amide bonds. The van der Waals surface area contributed by atoms with Crippen molar-refractivity contribution in [2.24, 2.45) is 0 Å². The number of nitrogens with one attached hydrogen (secondary N) is 1. The van der Waals surface area contributed by atoms with Gasteiger partial charge < -0.3 is 10.4 Å². The van der Waals surface area contributed by atoms with E-state index in [1.165, 1.54) is 16.7 Å². The Hall–Kier alpha value is -0.560. The lowest BCUT2D eigenvalue weighted by molar-refractivity contribution is -0.141. The van der Waals surface area contributed by atoms with Gasteiger partial charge in [-0.25, -0.2) is 9.59 Å². The molecule has 0 bridgehead atoms. The average molecular weight is 304 g/mol. The van der Waals surface area contributed by atoms with Gasteiger partial charge in [-0.05, 0) is 26.0 Å². The van der Waals surface area contributed by atoms with Crippen LogP contribution in [-0.4, -0.2) is 56.7 Å². The summed E-state index contributed by atoms with van der Waals surface area (Å²) in [6.07, 6.45) is 5.30. The van der Waals surface area contributed by atoms with Crippen LogP contribution in [0.1, 0.15) is 26.2 Å². The average Bonchev–Trinajstić information content (AvgIpc) is 2.95. The van der Waals surface area contributed by atoms with Gasteiger partial charge in [0.2, 0.25) is 0 Å². The standard InChI is InChI=1S/C12H20N2O3S2/c1-7-14(9(6-19-7)11(15)16)12(17)13-8-4-3-5-10(8)18-2/h7-10H,3-6H2,1-2H3,(H,13,17)(H,15,16). The van der Waals surface area contributed by atoms with Gasteiger partial charge >= 0.3 is 12.0 Å². The number of thioether (sulfide) groups is 2. The second-order valence-electron chi connectivity index (χ2n) is 4.95. The molecule has 0 aromatic carbocycles. The number of hydrogen-bond acceptors (Lipinski definition) is 4. The molecule has 0 aromatic rings. The number of carbonyl (C=O) groups is 2. The first-order valence-corrected chi connectivity index (χ1v) is 8.84. The van der Waals surface area contributed by atoms with Crippen LogP contribution < -0.4 is 5.32 Å². The molecule has 1 aliphatic heterocycles. The van der Waals surface area contributed by atoms with Crippen LogP contribution in [0.2, 0.25) is 0 Å². The predicted molar refractivity (Wildman–Crippen MR) is 78.7 cm³/mol. The fraction of sp³-hybridized carbons (Fsp3) is 0.833. The van der Waals surface area contributed by atoms with Gasteiger partial charge in [-0.2, -0.15) is 11.8 Å². The molecule has 0 aromatic heterocycles. The Bertz CT molecular complexity index is 367. The van der Waals surface area contributed by atoms with Gasteiger partial charge in [0.15, 0.2) is 0 Å². The molecule has 0 spiro atoms. The van der Waals surface area contributed by atoms with E-state index in [0.29, 0.717) is 11.0 Å². The van der Waals surface area contributed by atoms with Crippen molar-refractivity contribution >= 4 is 35.5 Å². The van der Waals surface area contributed by atoms with Crippen LogP contribution in [0.15, 0.2) is 0 Å². The van der Waals surface area contributed by atoms with E-state index in [0.717, 1.165) is 19.3 Å². The summed E-state index contributed by atoms with van der Waals surface area (Å²) >= 11 is 3.29. The molecule has 1 heterocycles. The molecule has 108 valence electrons. The third-order valence-electron chi connectivity index (χ3n) is 3.81. The van der Waals surface area contributed by atoms with Gasteiger partial charge in [0.05, 0.1) is 5.37 Å². The van der Waals surface area contributed by atoms with Gasteiger partial charge in [0.25, 0.3) is 0 Å². The summed E-state index contributed by atoms with van der Waals surface area (Å²) in [5.74, 6) is -0.444. The highest BCUT2D eigenvalue weighted by atomic mass is 32.2. The van der Waals surface area contributed by atoms with E-state index >= 15 is 0 Å². The molecule has 5 nitrogen and oxygen atoms in total. The van der Waals surface area contributed by atoms with Gasteiger partial charge in [-0.1, -0.05) is 6.42 Å². The van der Waals surface area contributed by atoms with Crippen molar-refractivity contribution in [3.05, 3.63) is 0 Å². The lowest BCUT2D eigenvalue weighted by atomic mass is 10.2. The Morgan fingerprint density at radius 3 is 2.79 bits per heavy atom. The van der Waals surface area contributed by atoms with E-state index in [4.69, 9.17) is 0 Å². The monoisotopic (exact) mass is 304 g/mol. The van der Waals surface area contributed by atoms with Gasteiger partial charge in [0, 0.05) is 17.0 Å². The Kier molecular flexibility index (Phi) is 4.89. The molecule has 4 unspecified atom stereocenters. The number of urea groups is 1. The van der Waals surface area contributed by atoms with Crippen molar-refractivity contribution in [3.8, 4) is 0 Å².